The lowest BCUT2D eigenvalue weighted by Crippen LogP contribution is -2.23. The zero-order valence-corrected chi connectivity index (χ0v) is 10.3. The summed E-state index contributed by atoms with van der Waals surface area (Å²) in [4.78, 5) is 11.2. The third-order valence-electron chi connectivity index (χ3n) is 1.41. The Labute approximate surface area is 101 Å². The summed E-state index contributed by atoms with van der Waals surface area (Å²) in [6.07, 6.45) is 1.43. The normalized spacial score (nSPS) is 11.7. The van der Waals surface area contributed by atoms with E-state index in [1.165, 1.54) is 12.3 Å². The number of aryl methyl sites for hydroxylation is 1. The highest BCUT2D eigenvalue weighted by Crippen LogP contribution is 2.29. The third-order valence-corrected chi connectivity index (χ3v) is 2.71. The van der Waals surface area contributed by atoms with E-state index in [4.69, 9.17) is 0 Å². The maximum Gasteiger partial charge on any atom is 0.441 e. The van der Waals surface area contributed by atoms with Crippen LogP contribution in [0.25, 0.3) is 0 Å². The van der Waals surface area contributed by atoms with Crippen LogP contribution in [-0.4, -0.2) is 21.0 Å². The van der Waals surface area contributed by atoms with E-state index in [0.29, 0.717) is 3.57 Å². The molecule has 84 valence electrons. The van der Waals surface area contributed by atoms with Gasteiger partial charge in [-0.25, -0.2) is 4.68 Å². The zero-order chi connectivity index (χ0) is 11.5. The second-order valence-corrected chi connectivity index (χ2v) is 4.93. The van der Waals surface area contributed by atoms with Gasteiger partial charge in [0.1, 0.15) is 0 Å². The predicted molar refractivity (Wildman–Crippen MR) is 59.7 cm³/mol. The van der Waals surface area contributed by atoms with Crippen molar-refractivity contribution in [1.82, 2.24) is 9.78 Å². The topological polar surface area (TPSA) is 34.9 Å². The van der Waals surface area contributed by atoms with Crippen LogP contribution in [0.3, 0.4) is 0 Å². The Hall–Kier alpha value is -0.250. The van der Waals surface area contributed by atoms with E-state index >= 15 is 0 Å². The number of hydrogen-bond donors (Lipinski definition) is 0. The third kappa shape index (κ3) is 4.87. The molecule has 0 aliphatic rings. The fourth-order valence-electron chi connectivity index (χ4n) is 0.827. The molecule has 8 heteroatoms. The molecule has 0 N–H and O–H groups in total. The maximum absolute atomic E-state index is 11.8. The molecule has 0 aromatic carbocycles. The molecule has 0 bridgehead atoms. The van der Waals surface area contributed by atoms with Gasteiger partial charge >= 0.3 is 5.51 Å². The molecule has 3 nitrogen and oxygen atoms in total. The number of halogens is 4. The number of aromatic nitrogens is 2. The molecule has 0 saturated carbocycles. The van der Waals surface area contributed by atoms with Gasteiger partial charge in [0.2, 0.25) is 0 Å². The van der Waals surface area contributed by atoms with Crippen LogP contribution in [-0.2, 0) is 6.54 Å². The monoisotopic (exact) mass is 350 g/mol. The highest BCUT2D eigenvalue weighted by Gasteiger charge is 2.27. The number of thioether (sulfide) groups is 1. The van der Waals surface area contributed by atoms with Gasteiger partial charge in [0.15, 0.2) is 0 Å². The van der Waals surface area contributed by atoms with Crippen molar-refractivity contribution in [2.45, 2.75) is 12.1 Å². The van der Waals surface area contributed by atoms with E-state index in [2.05, 4.69) is 5.10 Å². The Morgan fingerprint density at radius 3 is 2.73 bits per heavy atom. The van der Waals surface area contributed by atoms with E-state index in [9.17, 15) is 18.0 Å². The summed E-state index contributed by atoms with van der Waals surface area (Å²) >= 11 is 1.75. The number of nitrogens with zero attached hydrogens (tertiary/aromatic N) is 2. The predicted octanol–water partition coefficient (Wildman–Crippen LogP) is 2.10. The minimum Gasteiger partial charge on any atom is -0.268 e. The quantitative estimate of drug-likeness (QED) is 0.784. The maximum atomic E-state index is 11.8. The molecule has 1 heterocycles. The van der Waals surface area contributed by atoms with Crippen LogP contribution in [0, 0.1) is 3.57 Å². The van der Waals surface area contributed by atoms with Crippen molar-refractivity contribution < 1.29 is 13.2 Å². The Kier molecular flexibility index (Phi) is 4.44. The van der Waals surface area contributed by atoms with Crippen LogP contribution >= 0.6 is 34.4 Å². The van der Waals surface area contributed by atoms with Gasteiger partial charge in [-0.1, -0.05) is 0 Å². The summed E-state index contributed by atoms with van der Waals surface area (Å²) in [5, 5.41) is 3.71. The van der Waals surface area contributed by atoms with Crippen LogP contribution < -0.4 is 5.56 Å². The summed E-state index contributed by atoms with van der Waals surface area (Å²) in [5.41, 5.74) is -4.64. The van der Waals surface area contributed by atoms with Crippen molar-refractivity contribution in [2.24, 2.45) is 0 Å². The van der Waals surface area contributed by atoms with Crippen LogP contribution in [0.1, 0.15) is 0 Å². The Morgan fingerprint density at radius 1 is 1.53 bits per heavy atom. The highest BCUT2D eigenvalue weighted by molar-refractivity contribution is 14.1. The SMILES string of the molecule is O=c1cc(I)cnn1CCSC(F)(F)F. The van der Waals surface area contributed by atoms with E-state index in [1.54, 1.807) is 0 Å². The largest absolute Gasteiger partial charge is 0.441 e. The van der Waals surface area contributed by atoms with Crippen LogP contribution in [0.4, 0.5) is 13.2 Å². The molecule has 1 rings (SSSR count). The Bertz CT molecular complexity index is 393. The summed E-state index contributed by atoms with van der Waals surface area (Å²) in [6, 6.07) is 1.33. The first-order valence-corrected chi connectivity index (χ1v) is 5.88. The zero-order valence-electron chi connectivity index (χ0n) is 7.29. The van der Waals surface area contributed by atoms with Gasteiger partial charge in [-0.2, -0.15) is 18.3 Å². The van der Waals surface area contributed by atoms with E-state index in [1.807, 2.05) is 22.6 Å². The fourth-order valence-corrected chi connectivity index (χ4v) is 1.71. The molecule has 0 atom stereocenters. The minimum atomic E-state index is -4.26. The van der Waals surface area contributed by atoms with Gasteiger partial charge in [0, 0.05) is 15.4 Å². The molecule has 0 aliphatic carbocycles. The molecule has 0 aliphatic heterocycles. The average molecular weight is 350 g/mol. The van der Waals surface area contributed by atoms with Crippen molar-refractivity contribution >= 4 is 34.4 Å². The second-order valence-electron chi connectivity index (χ2n) is 2.53. The molecule has 0 fully saturated rings. The first-order valence-electron chi connectivity index (χ1n) is 3.82. The Morgan fingerprint density at radius 2 is 2.20 bits per heavy atom. The fraction of sp³-hybridized carbons (Fsp3) is 0.429. The molecular weight excluding hydrogens is 344 g/mol. The van der Waals surface area contributed by atoms with Crippen molar-refractivity contribution in [1.29, 1.82) is 0 Å². The van der Waals surface area contributed by atoms with Crippen molar-refractivity contribution in [3.8, 4) is 0 Å². The van der Waals surface area contributed by atoms with Gasteiger partial charge in [-0.15, -0.1) is 0 Å². The first kappa shape index (κ1) is 12.8. The van der Waals surface area contributed by atoms with Gasteiger partial charge in [-0.05, 0) is 34.4 Å². The molecule has 0 amide bonds. The van der Waals surface area contributed by atoms with Crippen LogP contribution in [0.2, 0.25) is 0 Å². The lowest BCUT2D eigenvalue weighted by atomic mass is 10.6. The van der Waals surface area contributed by atoms with Crippen LogP contribution in [0.5, 0.6) is 0 Å². The number of alkyl halides is 3. The second kappa shape index (κ2) is 5.19. The lowest BCUT2D eigenvalue weighted by Gasteiger charge is -2.06. The van der Waals surface area contributed by atoms with E-state index in [-0.39, 0.29) is 29.6 Å². The van der Waals surface area contributed by atoms with E-state index < -0.39 is 5.51 Å². The number of hydrogen-bond acceptors (Lipinski definition) is 3. The lowest BCUT2D eigenvalue weighted by molar-refractivity contribution is -0.0328. The molecule has 1 aromatic rings. The molecule has 0 saturated heterocycles. The smallest absolute Gasteiger partial charge is 0.268 e. The minimum absolute atomic E-state index is 0.0417. The van der Waals surface area contributed by atoms with Crippen molar-refractivity contribution in [3.63, 3.8) is 0 Å². The van der Waals surface area contributed by atoms with E-state index in [0.717, 1.165) is 4.68 Å². The van der Waals surface area contributed by atoms with Gasteiger partial charge < -0.3 is 0 Å². The van der Waals surface area contributed by atoms with Crippen LogP contribution in [0.15, 0.2) is 17.1 Å². The highest BCUT2D eigenvalue weighted by atomic mass is 127. The molecular formula is C7H6F3IN2OS. The summed E-state index contributed by atoms with van der Waals surface area (Å²) < 4.78 is 37.0. The number of rotatable bonds is 3. The van der Waals surface area contributed by atoms with Crippen molar-refractivity contribution in [2.75, 3.05) is 5.75 Å². The van der Waals surface area contributed by atoms with Gasteiger partial charge in [0.25, 0.3) is 5.56 Å². The van der Waals surface area contributed by atoms with Crippen molar-refractivity contribution in [3.05, 3.63) is 26.2 Å². The molecule has 0 radical (unpaired) electrons. The Balaban J connectivity index is 2.55. The molecule has 0 spiro atoms. The molecule has 0 unspecified atom stereocenters. The van der Waals surface area contributed by atoms with Gasteiger partial charge in [0.05, 0.1) is 12.7 Å². The molecule has 15 heavy (non-hydrogen) atoms. The standard InChI is InChI=1S/C7H6F3IN2OS/c8-7(9,10)15-2-1-13-6(14)3-5(11)4-12-13/h3-4H,1-2H2. The van der Waals surface area contributed by atoms with Gasteiger partial charge in [-0.3, -0.25) is 4.79 Å². The molecule has 1 aromatic heterocycles. The first-order chi connectivity index (χ1) is 6.88. The summed E-state index contributed by atoms with van der Waals surface area (Å²) in [7, 11) is 0. The summed E-state index contributed by atoms with van der Waals surface area (Å²) in [6.45, 7) is -0.0417. The average Bonchev–Trinajstić information content (AvgIpc) is 2.07. The summed E-state index contributed by atoms with van der Waals surface area (Å²) in [5.74, 6) is -0.211.